The predicted molar refractivity (Wildman–Crippen MR) is 253 cm³/mol. The number of hydrogen-bond acceptors (Lipinski definition) is 1. The lowest BCUT2D eigenvalue weighted by atomic mass is 9.92. The van der Waals surface area contributed by atoms with Crippen molar-refractivity contribution in [3.05, 3.63) is 236 Å². The van der Waals surface area contributed by atoms with E-state index in [9.17, 15) is 11.0 Å². The summed E-state index contributed by atoms with van der Waals surface area (Å²) in [6, 6.07) is 57.5. The van der Waals surface area contributed by atoms with Gasteiger partial charge in [0.1, 0.15) is 0 Å². The van der Waals surface area contributed by atoms with E-state index in [1.54, 1.807) is 18.2 Å². The van der Waals surface area contributed by atoms with Gasteiger partial charge in [-0.05, 0) is 136 Å². The van der Waals surface area contributed by atoms with E-state index in [4.69, 9.17) is 0 Å². The second-order valence-corrected chi connectivity index (χ2v) is 14.6. The van der Waals surface area contributed by atoms with Crippen molar-refractivity contribution in [2.45, 2.75) is 0 Å². The van der Waals surface area contributed by atoms with Gasteiger partial charge in [-0.3, -0.25) is 0 Å². The van der Waals surface area contributed by atoms with Crippen molar-refractivity contribution < 1.29 is 11.0 Å². The molecule has 59 heavy (non-hydrogen) atoms. The summed E-state index contributed by atoms with van der Waals surface area (Å²) < 4.78 is 77.9. The third-order valence-corrected chi connectivity index (χ3v) is 11.2. The molecule has 0 aromatic heterocycles. The molecule has 0 bridgehead atoms. The van der Waals surface area contributed by atoms with Gasteiger partial charge in [0.2, 0.25) is 0 Å². The van der Waals surface area contributed by atoms with Crippen LogP contribution in [0, 0.1) is 0 Å². The summed E-state index contributed by atoms with van der Waals surface area (Å²) >= 11 is 0. The molecule has 0 saturated carbocycles. The summed E-state index contributed by atoms with van der Waals surface area (Å²) in [5.74, 6) is 0. The second-order valence-electron chi connectivity index (χ2n) is 14.6. The average Bonchev–Trinajstić information content (AvgIpc) is 3.37. The Morgan fingerprint density at radius 3 is 1.22 bits per heavy atom. The van der Waals surface area contributed by atoms with E-state index in [0.717, 1.165) is 65.3 Å². The van der Waals surface area contributed by atoms with Crippen LogP contribution in [0.15, 0.2) is 236 Å². The van der Waals surface area contributed by atoms with Crippen LogP contribution in [0.4, 0.5) is 17.1 Å². The summed E-state index contributed by atoms with van der Waals surface area (Å²) in [6.07, 6.45) is 0. The van der Waals surface area contributed by atoms with Crippen molar-refractivity contribution in [1.29, 1.82) is 0 Å². The Morgan fingerprint density at radius 2 is 0.661 bits per heavy atom. The lowest BCUT2D eigenvalue weighted by Gasteiger charge is -2.27. The highest BCUT2D eigenvalue weighted by atomic mass is 15.1. The van der Waals surface area contributed by atoms with E-state index < -0.39 is 24.2 Å². The number of rotatable bonds is 7. The number of hydrogen-bond donors (Lipinski definition) is 0. The van der Waals surface area contributed by atoms with Crippen LogP contribution in [0.25, 0.3) is 87.6 Å². The zero-order valence-electron chi connectivity index (χ0n) is 39.8. The van der Waals surface area contributed by atoms with E-state index in [2.05, 4.69) is 30.3 Å². The molecule has 0 atom stereocenters. The first-order valence-electron chi connectivity index (χ1n) is 23.7. The molecule has 0 spiro atoms. The van der Waals surface area contributed by atoms with E-state index >= 15 is 0 Å². The van der Waals surface area contributed by atoms with Crippen LogP contribution >= 0.6 is 0 Å². The molecule has 0 aliphatic carbocycles. The SMILES string of the molecule is [2H]c1c([2H])c(N(c2cccc(-c3cc4ccccc4c4ccccc34)c2)c2c([2H])c([2H])c(-c3cc4ccccc4c4ccccc34)c([2H])c2[2H])c([2H])c([2H])c1-c1ccccc1-c1ccccc1. The number of benzene rings is 11. The summed E-state index contributed by atoms with van der Waals surface area (Å²) in [6.45, 7) is 0. The Hall–Kier alpha value is -7.74. The van der Waals surface area contributed by atoms with E-state index in [1.165, 1.54) is 4.90 Å². The molecule has 0 saturated heterocycles. The summed E-state index contributed by atoms with van der Waals surface area (Å²) in [5, 5.41) is 7.74. The molecule has 0 N–H and O–H groups in total. The van der Waals surface area contributed by atoms with Crippen LogP contribution in [0.1, 0.15) is 11.0 Å². The van der Waals surface area contributed by atoms with Crippen LogP contribution in [-0.4, -0.2) is 0 Å². The molecule has 0 aliphatic heterocycles. The lowest BCUT2D eigenvalue weighted by Crippen LogP contribution is -2.10. The second kappa shape index (κ2) is 14.6. The molecule has 11 aromatic rings. The molecule has 0 amide bonds. The molecule has 0 radical (unpaired) electrons. The molecule has 0 unspecified atom stereocenters. The first kappa shape index (κ1) is 27.0. The van der Waals surface area contributed by atoms with Gasteiger partial charge >= 0.3 is 0 Å². The van der Waals surface area contributed by atoms with Gasteiger partial charge in [-0.1, -0.05) is 188 Å². The highest BCUT2D eigenvalue weighted by Crippen LogP contribution is 2.42. The minimum absolute atomic E-state index is 0.104. The maximum atomic E-state index is 9.84. The van der Waals surface area contributed by atoms with Crippen molar-refractivity contribution >= 4 is 60.2 Å². The average molecular weight is 758 g/mol. The van der Waals surface area contributed by atoms with Crippen molar-refractivity contribution in [2.24, 2.45) is 0 Å². The fourth-order valence-electron chi connectivity index (χ4n) is 8.41. The maximum Gasteiger partial charge on any atom is 0.0645 e. The predicted octanol–water partition coefficient (Wildman–Crippen LogP) is 16.4. The van der Waals surface area contributed by atoms with Crippen molar-refractivity contribution in [1.82, 2.24) is 0 Å². The summed E-state index contributed by atoms with van der Waals surface area (Å²) in [5.41, 5.74) is 4.45. The van der Waals surface area contributed by atoms with Gasteiger partial charge in [-0.25, -0.2) is 0 Å². The zero-order chi connectivity index (χ0) is 46.1. The molecule has 276 valence electrons. The minimum atomic E-state index is -0.401. The van der Waals surface area contributed by atoms with Crippen LogP contribution in [0.5, 0.6) is 0 Å². The first-order chi connectivity index (χ1) is 32.6. The molecule has 0 heterocycles. The Morgan fingerprint density at radius 1 is 0.254 bits per heavy atom. The lowest BCUT2D eigenvalue weighted by molar-refractivity contribution is 1.28. The number of anilines is 3. The fourth-order valence-corrected chi connectivity index (χ4v) is 8.41. The Kier molecular flexibility index (Phi) is 6.70. The topological polar surface area (TPSA) is 3.24 Å². The van der Waals surface area contributed by atoms with E-state index in [0.29, 0.717) is 16.8 Å². The van der Waals surface area contributed by atoms with Gasteiger partial charge in [-0.2, -0.15) is 0 Å². The molecular weight excluding hydrogens is 711 g/mol. The fraction of sp³-hybridized carbons (Fsp3) is 0. The Labute approximate surface area is 356 Å². The maximum absolute atomic E-state index is 9.84. The molecule has 0 aliphatic rings. The smallest absolute Gasteiger partial charge is 0.0645 e. The van der Waals surface area contributed by atoms with E-state index in [-0.39, 0.29) is 46.7 Å². The van der Waals surface area contributed by atoms with Gasteiger partial charge in [0.15, 0.2) is 0 Å². The molecule has 1 heteroatoms. The van der Waals surface area contributed by atoms with Crippen molar-refractivity contribution in [3.8, 4) is 44.5 Å². The van der Waals surface area contributed by atoms with Gasteiger partial charge in [-0.15, -0.1) is 0 Å². The highest BCUT2D eigenvalue weighted by molar-refractivity contribution is 6.15. The highest BCUT2D eigenvalue weighted by Gasteiger charge is 2.17. The molecular formula is C58H39N. The normalized spacial score (nSPS) is 13.3. The molecule has 11 rings (SSSR count). The zero-order valence-corrected chi connectivity index (χ0v) is 31.8. The Bertz CT molecular complexity index is 3750. The third kappa shape index (κ3) is 6.21. The number of fused-ring (bicyclic) bond motifs is 6. The quantitative estimate of drug-likeness (QED) is 0.146. The minimum Gasteiger partial charge on any atom is -0.310 e. The first-order valence-corrected chi connectivity index (χ1v) is 19.7. The molecule has 1 nitrogen and oxygen atoms in total. The van der Waals surface area contributed by atoms with Gasteiger partial charge in [0, 0.05) is 17.1 Å². The van der Waals surface area contributed by atoms with Gasteiger partial charge < -0.3 is 4.90 Å². The van der Waals surface area contributed by atoms with Crippen LogP contribution in [0.2, 0.25) is 0 Å². The summed E-state index contributed by atoms with van der Waals surface area (Å²) in [7, 11) is 0. The van der Waals surface area contributed by atoms with Crippen LogP contribution < -0.4 is 4.90 Å². The summed E-state index contributed by atoms with van der Waals surface area (Å²) in [4.78, 5) is 1.39. The van der Waals surface area contributed by atoms with Gasteiger partial charge in [0.05, 0.1) is 11.0 Å². The molecule has 11 aromatic carbocycles. The van der Waals surface area contributed by atoms with Crippen LogP contribution in [-0.2, 0) is 0 Å². The van der Waals surface area contributed by atoms with E-state index in [1.807, 2.05) is 140 Å². The monoisotopic (exact) mass is 757 g/mol. The van der Waals surface area contributed by atoms with Crippen molar-refractivity contribution in [3.63, 3.8) is 0 Å². The standard InChI is InChI=1S/C58H39N/c1-2-15-40(16-3-1)49-21-8-9-22-50(49)41-29-33-46(34-30-41)59(47-35-31-42(32-36-47)57-38-44-17-4-6-23-51(44)53-25-10-12-27-55(53)57)48-20-14-19-43(37-48)58-39-45-18-5-7-24-52(45)54-26-11-13-28-56(54)58/h1-39H/i29D,30D,31D,32D,33D,34D,35D,36D. The third-order valence-electron chi connectivity index (χ3n) is 11.2. The largest absolute Gasteiger partial charge is 0.310 e. The van der Waals surface area contributed by atoms with Gasteiger partial charge in [0.25, 0.3) is 0 Å². The Balaban J connectivity index is 1.19. The molecule has 0 fully saturated rings. The van der Waals surface area contributed by atoms with Crippen LogP contribution in [0.3, 0.4) is 0 Å². The number of nitrogens with zero attached hydrogens (tertiary/aromatic N) is 1. The van der Waals surface area contributed by atoms with Crippen molar-refractivity contribution in [2.75, 3.05) is 4.90 Å².